The molecule has 0 aromatic carbocycles. The molecule has 2 saturated heterocycles. The van der Waals surface area contributed by atoms with Crippen molar-refractivity contribution in [2.24, 2.45) is 0 Å². The minimum atomic E-state index is -0.264. The summed E-state index contributed by atoms with van der Waals surface area (Å²) < 4.78 is 5.36. The first-order chi connectivity index (χ1) is 18.1. The number of carbonyl (C=O) groups is 1. The summed E-state index contributed by atoms with van der Waals surface area (Å²) in [6.07, 6.45) is 7.25. The first-order valence-corrected chi connectivity index (χ1v) is 12.4. The fourth-order valence-electron chi connectivity index (χ4n) is 4.47. The number of morpholine rings is 1. The van der Waals surface area contributed by atoms with Gasteiger partial charge in [-0.05, 0) is 44.0 Å². The van der Waals surface area contributed by atoms with E-state index < -0.39 is 0 Å². The van der Waals surface area contributed by atoms with Gasteiger partial charge in [0.25, 0.3) is 0 Å². The molecular weight excluding hydrogens is 470 g/mol. The predicted molar refractivity (Wildman–Crippen MR) is 139 cm³/mol. The van der Waals surface area contributed by atoms with Crippen molar-refractivity contribution in [1.82, 2.24) is 24.8 Å². The number of anilines is 4. The summed E-state index contributed by atoms with van der Waals surface area (Å²) in [6, 6.07) is 9.15. The Hall–Kier alpha value is -4.14. The van der Waals surface area contributed by atoms with Gasteiger partial charge in [-0.3, -0.25) is 9.69 Å². The number of hydrogen-bond acceptors (Lipinski definition) is 10. The highest BCUT2D eigenvalue weighted by atomic mass is 16.5. The Morgan fingerprint density at radius 1 is 1.08 bits per heavy atom. The second-order valence-corrected chi connectivity index (χ2v) is 9.04. The SMILES string of the molecule is CC(C(=O)Nc1ccc(Nc2nccc(-c3cnc(N4CCCC4)c(C#N)c3)n2)cn1)N1CCOCC1. The largest absolute Gasteiger partial charge is 0.379 e. The molecule has 2 N–H and O–H groups in total. The van der Waals surface area contributed by atoms with Crippen LogP contribution in [0.4, 0.5) is 23.3 Å². The number of carbonyl (C=O) groups excluding carboxylic acids is 1. The first-order valence-electron chi connectivity index (χ1n) is 12.4. The van der Waals surface area contributed by atoms with Crippen LogP contribution in [-0.2, 0) is 9.53 Å². The number of rotatable bonds is 7. The van der Waals surface area contributed by atoms with E-state index in [0.29, 0.717) is 41.9 Å². The van der Waals surface area contributed by atoms with E-state index in [0.717, 1.165) is 50.4 Å². The molecule has 1 amide bonds. The Morgan fingerprint density at radius 2 is 1.89 bits per heavy atom. The maximum atomic E-state index is 12.6. The number of nitrogens with zero attached hydrogens (tertiary/aromatic N) is 7. The molecule has 2 fully saturated rings. The smallest absolute Gasteiger partial charge is 0.242 e. The lowest BCUT2D eigenvalue weighted by Gasteiger charge is -2.31. The van der Waals surface area contributed by atoms with Gasteiger partial charge in [-0.2, -0.15) is 5.26 Å². The Balaban J connectivity index is 1.24. The fraction of sp³-hybridized carbons (Fsp3) is 0.385. The van der Waals surface area contributed by atoms with Crippen LogP contribution in [0.1, 0.15) is 25.3 Å². The van der Waals surface area contributed by atoms with Crippen molar-refractivity contribution in [2.75, 3.05) is 54.9 Å². The maximum absolute atomic E-state index is 12.6. The lowest BCUT2D eigenvalue weighted by molar-refractivity contribution is -0.122. The van der Waals surface area contributed by atoms with Crippen LogP contribution in [0, 0.1) is 11.3 Å². The van der Waals surface area contributed by atoms with Crippen molar-refractivity contribution in [3.8, 4) is 17.3 Å². The third-order valence-electron chi connectivity index (χ3n) is 6.59. The van der Waals surface area contributed by atoms with Crippen LogP contribution in [0.25, 0.3) is 11.3 Å². The van der Waals surface area contributed by atoms with Crippen LogP contribution in [0.5, 0.6) is 0 Å². The summed E-state index contributed by atoms with van der Waals surface area (Å²) in [5.41, 5.74) is 2.62. The zero-order valence-electron chi connectivity index (χ0n) is 20.7. The van der Waals surface area contributed by atoms with Gasteiger partial charge in [-0.25, -0.2) is 19.9 Å². The molecule has 190 valence electrons. The third kappa shape index (κ3) is 5.82. The maximum Gasteiger partial charge on any atom is 0.242 e. The molecule has 11 heteroatoms. The molecule has 11 nitrogen and oxygen atoms in total. The van der Waals surface area contributed by atoms with Crippen molar-refractivity contribution < 1.29 is 9.53 Å². The van der Waals surface area contributed by atoms with Crippen molar-refractivity contribution in [3.63, 3.8) is 0 Å². The van der Waals surface area contributed by atoms with Crippen LogP contribution in [0.15, 0.2) is 42.9 Å². The predicted octanol–water partition coefficient (Wildman–Crippen LogP) is 2.81. The summed E-state index contributed by atoms with van der Waals surface area (Å²) >= 11 is 0. The van der Waals surface area contributed by atoms with Crippen molar-refractivity contribution in [1.29, 1.82) is 5.26 Å². The van der Waals surface area contributed by atoms with E-state index in [2.05, 4.69) is 46.4 Å². The van der Waals surface area contributed by atoms with E-state index in [-0.39, 0.29) is 11.9 Å². The quantitative estimate of drug-likeness (QED) is 0.500. The molecule has 0 saturated carbocycles. The highest BCUT2D eigenvalue weighted by Gasteiger charge is 2.23. The van der Waals surface area contributed by atoms with Gasteiger partial charge < -0.3 is 20.3 Å². The second kappa shape index (κ2) is 11.3. The molecule has 3 aromatic rings. The summed E-state index contributed by atoms with van der Waals surface area (Å²) in [7, 11) is 0. The number of pyridine rings is 2. The molecule has 2 aliphatic heterocycles. The number of aromatic nitrogens is 4. The zero-order chi connectivity index (χ0) is 25.6. The van der Waals surface area contributed by atoms with Crippen LogP contribution < -0.4 is 15.5 Å². The number of nitriles is 1. The van der Waals surface area contributed by atoms with Gasteiger partial charge in [0, 0.05) is 44.1 Å². The molecule has 0 radical (unpaired) electrons. The van der Waals surface area contributed by atoms with Gasteiger partial charge in [-0.1, -0.05) is 0 Å². The van der Waals surface area contributed by atoms with Crippen LogP contribution in [0.2, 0.25) is 0 Å². The van der Waals surface area contributed by atoms with E-state index in [1.54, 1.807) is 36.8 Å². The highest BCUT2D eigenvalue weighted by Crippen LogP contribution is 2.27. The molecule has 3 aromatic heterocycles. The summed E-state index contributed by atoms with van der Waals surface area (Å²) in [5.74, 6) is 1.48. The van der Waals surface area contributed by atoms with E-state index in [1.807, 2.05) is 13.0 Å². The highest BCUT2D eigenvalue weighted by molar-refractivity contribution is 5.93. The molecule has 0 bridgehead atoms. The molecule has 1 unspecified atom stereocenters. The summed E-state index contributed by atoms with van der Waals surface area (Å²) in [5, 5.41) is 15.7. The Morgan fingerprint density at radius 3 is 2.62 bits per heavy atom. The normalized spacial score (nSPS) is 16.7. The van der Waals surface area contributed by atoms with E-state index >= 15 is 0 Å². The molecule has 0 spiro atoms. The van der Waals surface area contributed by atoms with Crippen molar-refractivity contribution >= 4 is 29.2 Å². The van der Waals surface area contributed by atoms with Crippen LogP contribution >= 0.6 is 0 Å². The Kier molecular flexibility index (Phi) is 7.49. The fourth-order valence-corrected chi connectivity index (χ4v) is 4.47. The monoisotopic (exact) mass is 499 g/mol. The molecule has 5 heterocycles. The third-order valence-corrected chi connectivity index (χ3v) is 6.59. The summed E-state index contributed by atoms with van der Waals surface area (Å²) in [4.78, 5) is 34.6. The zero-order valence-corrected chi connectivity index (χ0v) is 20.7. The van der Waals surface area contributed by atoms with Gasteiger partial charge in [0.1, 0.15) is 17.7 Å². The van der Waals surface area contributed by atoms with Crippen molar-refractivity contribution in [2.45, 2.75) is 25.8 Å². The molecule has 5 rings (SSSR count). The van der Waals surface area contributed by atoms with Gasteiger partial charge in [0.2, 0.25) is 11.9 Å². The number of ether oxygens (including phenoxy) is 1. The lowest BCUT2D eigenvalue weighted by Crippen LogP contribution is -2.47. The Labute approximate surface area is 215 Å². The standard InChI is InChI=1S/C26H29N9O2/c1-18(34-10-12-37-13-11-34)25(36)33-23-5-4-21(17-29-23)31-26-28-7-6-22(32-26)20-14-19(15-27)24(30-16-20)35-8-2-3-9-35/h4-7,14,16-18H,2-3,8-13H2,1H3,(H,28,31,32)(H,29,33,36). The minimum Gasteiger partial charge on any atom is -0.379 e. The number of nitrogens with one attached hydrogen (secondary N) is 2. The van der Waals surface area contributed by atoms with E-state index in [1.165, 1.54) is 0 Å². The minimum absolute atomic E-state index is 0.104. The molecule has 1 atom stereocenters. The summed E-state index contributed by atoms with van der Waals surface area (Å²) in [6.45, 7) is 6.48. The number of amides is 1. The second-order valence-electron chi connectivity index (χ2n) is 9.04. The van der Waals surface area contributed by atoms with Gasteiger partial charge in [-0.15, -0.1) is 0 Å². The first kappa shape index (κ1) is 24.5. The van der Waals surface area contributed by atoms with Crippen LogP contribution in [-0.4, -0.2) is 76.2 Å². The average molecular weight is 500 g/mol. The lowest BCUT2D eigenvalue weighted by atomic mass is 10.1. The average Bonchev–Trinajstić information content (AvgIpc) is 3.49. The molecule has 37 heavy (non-hydrogen) atoms. The topological polar surface area (TPSA) is 132 Å². The molecule has 2 aliphatic rings. The molecular formula is C26H29N9O2. The van der Waals surface area contributed by atoms with Gasteiger partial charge >= 0.3 is 0 Å². The molecule has 0 aliphatic carbocycles. The van der Waals surface area contributed by atoms with Gasteiger partial charge in [0.15, 0.2) is 0 Å². The van der Waals surface area contributed by atoms with E-state index in [9.17, 15) is 10.1 Å². The number of hydrogen-bond donors (Lipinski definition) is 2. The van der Waals surface area contributed by atoms with Crippen LogP contribution in [0.3, 0.4) is 0 Å². The van der Waals surface area contributed by atoms with Gasteiger partial charge in [0.05, 0.1) is 42.4 Å². The Bertz CT molecular complexity index is 1280. The van der Waals surface area contributed by atoms with E-state index in [4.69, 9.17) is 4.74 Å². The van der Waals surface area contributed by atoms with Crippen molar-refractivity contribution in [3.05, 3.63) is 48.4 Å².